The van der Waals surface area contributed by atoms with Gasteiger partial charge in [0.25, 0.3) is 0 Å². The number of aliphatic hydroxyl groups is 1. The Hall–Kier alpha value is -1.46. The van der Waals surface area contributed by atoms with Gasteiger partial charge in [0, 0.05) is 31.7 Å². The summed E-state index contributed by atoms with van der Waals surface area (Å²) in [6, 6.07) is 4.51. The second kappa shape index (κ2) is 8.10. The summed E-state index contributed by atoms with van der Waals surface area (Å²) >= 11 is 0. The lowest BCUT2D eigenvalue weighted by Crippen LogP contribution is -2.24. The van der Waals surface area contributed by atoms with Crippen molar-refractivity contribution in [2.75, 3.05) is 13.2 Å². The average Bonchev–Trinajstić information content (AvgIpc) is 2.53. The zero-order valence-corrected chi connectivity index (χ0v) is 12.1. The van der Waals surface area contributed by atoms with Gasteiger partial charge in [-0.15, -0.1) is 0 Å². The number of hydrogen-bond donors (Lipinski definition) is 2. The fourth-order valence-corrected chi connectivity index (χ4v) is 2.52. The van der Waals surface area contributed by atoms with Crippen LogP contribution in [0.2, 0.25) is 0 Å². The van der Waals surface area contributed by atoms with Gasteiger partial charge in [-0.05, 0) is 42.9 Å². The van der Waals surface area contributed by atoms with Crippen molar-refractivity contribution in [1.29, 1.82) is 0 Å². The summed E-state index contributed by atoms with van der Waals surface area (Å²) in [6.07, 6.45) is 3.47. The lowest BCUT2D eigenvalue weighted by atomic mass is 9.95. The Morgan fingerprint density at radius 1 is 1.38 bits per heavy atom. The van der Waals surface area contributed by atoms with Crippen LogP contribution in [0.4, 0.5) is 4.39 Å². The van der Waals surface area contributed by atoms with Crippen LogP contribution in [0.1, 0.15) is 36.8 Å². The molecule has 2 rings (SSSR count). The molecule has 0 unspecified atom stereocenters. The van der Waals surface area contributed by atoms with Crippen LogP contribution in [-0.4, -0.2) is 24.2 Å². The van der Waals surface area contributed by atoms with Crippen LogP contribution in [0, 0.1) is 11.7 Å². The van der Waals surface area contributed by atoms with E-state index in [2.05, 4.69) is 5.32 Å². The highest BCUT2D eigenvalue weighted by Crippen LogP contribution is 2.19. The molecule has 5 heteroatoms. The van der Waals surface area contributed by atoms with Gasteiger partial charge in [-0.25, -0.2) is 4.39 Å². The summed E-state index contributed by atoms with van der Waals surface area (Å²) in [5, 5.41) is 11.8. The molecule has 4 nitrogen and oxygen atoms in total. The first-order valence-electron chi connectivity index (χ1n) is 7.41. The number of carbonyl (C=O) groups is 1. The molecule has 1 heterocycles. The van der Waals surface area contributed by atoms with Crippen LogP contribution >= 0.6 is 0 Å². The first-order chi connectivity index (χ1) is 10.2. The van der Waals surface area contributed by atoms with Crippen LogP contribution in [-0.2, 0) is 22.7 Å². The lowest BCUT2D eigenvalue weighted by molar-refractivity contribution is -0.121. The SMILES string of the molecule is O=C(CCC1CCOCC1)NCc1ccc(F)c(CO)c1. The Kier molecular flexibility index (Phi) is 6.14. The quantitative estimate of drug-likeness (QED) is 0.845. The van der Waals surface area contributed by atoms with Crippen LogP contribution < -0.4 is 5.32 Å². The van der Waals surface area contributed by atoms with Gasteiger partial charge in [0.15, 0.2) is 0 Å². The van der Waals surface area contributed by atoms with Crippen molar-refractivity contribution in [3.63, 3.8) is 0 Å². The molecule has 0 atom stereocenters. The van der Waals surface area contributed by atoms with Crippen LogP contribution in [0.25, 0.3) is 0 Å². The number of amides is 1. The third-order valence-corrected chi connectivity index (χ3v) is 3.89. The second-order valence-electron chi connectivity index (χ2n) is 5.46. The normalized spacial score (nSPS) is 15.9. The third kappa shape index (κ3) is 5.10. The molecule has 0 spiro atoms. The van der Waals surface area contributed by atoms with Gasteiger partial charge in [-0.3, -0.25) is 4.79 Å². The molecule has 0 aromatic heterocycles. The Balaban J connectivity index is 1.73. The maximum absolute atomic E-state index is 13.2. The molecule has 1 fully saturated rings. The molecule has 1 aliphatic rings. The number of rotatable bonds is 6. The molecular formula is C16H22FNO3. The molecule has 0 radical (unpaired) electrons. The van der Waals surface area contributed by atoms with Crippen molar-refractivity contribution < 1.29 is 19.0 Å². The van der Waals surface area contributed by atoms with E-state index in [9.17, 15) is 9.18 Å². The molecule has 2 N–H and O–H groups in total. The fourth-order valence-electron chi connectivity index (χ4n) is 2.52. The summed E-state index contributed by atoms with van der Waals surface area (Å²) in [6.45, 7) is 1.62. The number of halogens is 1. The van der Waals surface area contributed by atoms with Crippen molar-refractivity contribution in [1.82, 2.24) is 5.32 Å². The molecule has 1 aromatic rings. The number of carbonyl (C=O) groups excluding carboxylic acids is 1. The molecule has 21 heavy (non-hydrogen) atoms. The zero-order valence-electron chi connectivity index (χ0n) is 12.1. The molecule has 1 amide bonds. The minimum Gasteiger partial charge on any atom is -0.392 e. The standard InChI is InChI=1S/C16H22FNO3/c17-15-3-1-13(9-14(15)11-19)10-18-16(20)4-2-12-5-7-21-8-6-12/h1,3,9,12,19H,2,4-8,10-11H2,(H,18,20). The summed E-state index contributed by atoms with van der Waals surface area (Å²) < 4.78 is 18.5. The number of aliphatic hydroxyl groups excluding tert-OH is 1. The van der Waals surface area contributed by atoms with Crippen molar-refractivity contribution in [3.8, 4) is 0 Å². The van der Waals surface area contributed by atoms with Gasteiger partial charge < -0.3 is 15.2 Å². The monoisotopic (exact) mass is 295 g/mol. The number of ether oxygens (including phenoxy) is 1. The minimum absolute atomic E-state index is 0.0105. The Morgan fingerprint density at radius 2 is 2.14 bits per heavy atom. The maximum Gasteiger partial charge on any atom is 0.220 e. The number of hydrogen-bond acceptors (Lipinski definition) is 3. The topological polar surface area (TPSA) is 58.6 Å². The van der Waals surface area contributed by atoms with Gasteiger partial charge >= 0.3 is 0 Å². The summed E-state index contributed by atoms with van der Waals surface area (Å²) in [5.41, 5.74) is 1.05. The minimum atomic E-state index is -0.424. The van der Waals surface area contributed by atoms with Gasteiger partial charge in [-0.1, -0.05) is 6.07 Å². The number of benzene rings is 1. The van der Waals surface area contributed by atoms with Gasteiger partial charge in [-0.2, -0.15) is 0 Å². The van der Waals surface area contributed by atoms with E-state index in [1.807, 2.05) is 0 Å². The van der Waals surface area contributed by atoms with Crippen molar-refractivity contribution in [2.45, 2.75) is 38.8 Å². The molecule has 0 saturated carbocycles. The van der Waals surface area contributed by atoms with E-state index in [-0.39, 0.29) is 18.1 Å². The molecule has 1 saturated heterocycles. The highest BCUT2D eigenvalue weighted by molar-refractivity contribution is 5.75. The summed E-state index contributed by atoms with van der Waals surface area (Å²) in [4.78, 5) is 11.8. The molecule has 1 aromatic carbocycles. The van der Waals surface area contributed by atoms with E-state index < -0.39 is 5.82 Å². The molecule has 0 aliphatic carbocycles. The number of nitrogens with one attached hydrogen (secondary N) is 1. The zero-order chi connectivity index (χ0) is 15.1. The molecule has 1 aliphatic heterocycles. The van der Waals surface area contributed by atoms with Crippen LogP contribution in [0.3, 0.4) is 0 Å². The fraction of sp³-hybridized carbons (Fsp3) is 0.562. The van der Waals surface area contributed by atoms with Gasteiger partial charge in [0.1, 0.15) is 5.82 Å². The summed E-state index contributed by atoms with van der Waals surface area (Å²) in [5.74, 6) is 0.166. The van der Waals surface area contributed by atoms with E-state index in [4.69, 9.17) is 9.84 Å². The Labute approximate surface area is 124 Å². The highest BCUT2D eigenvalue weighted by atomic mass is 19.1. The van der Waals surface area contributed by atoms with E-state index >= 15 is 0 Å². The average molecular weight is 295 g/mol. The van der Waals surface area contributed by atoms with Crippen molar-refractivity contribution >= 4 is 5.91 Å². The maximum atomic E-state index is 13.2. The highest BCUT2D eigenvalue weighted by Gasteiger charge is 2.15. The Morgan fingerprint density at radius 3 is 2.86 bits per heavy atom. The molecule has 116 valence electrons. The van der Waals surface area contributed by atoms with E-state index in [0.717, 1.165) is 38.0 Å². The first-order valence-corrected chi connectivity index (χ1v) is 7.41. The lowest BCUT2D eigenvalue weighted by Gasteiger charge is -2.21. The Bertz CT molecular complexity index is 473. The van der Waals surface area contributed by atoms with E-state index in [1.165, 1.54) is 6.07 Å². The summed E-state index contributed by atoms with van der Waals surface area (Å²) in [7, 11) is 0. The van der Waals surface area contributed by atoms with Gasteiger partial charge in [0.2, 0.25) is 5.91 Å². The van der Waals surface area contributed by atoms with E-state index in [0.29, 0.717) is 18.9 Å². The van der Waals surface area contributed by atoms with Crippen molar-refractivity contribution in [2.24, 2.45) is 5.92 Å². The molecule has 0 bridgehead atoms. The predicted octanol–water partition coefficient (Wildman–Crippen LogP) is 2.14. The smallest absolute Gasteiger partial charge is 0.220 e. The largest absolute Gasteiger partial charge is 0.392 e. The van der Waals surface area contributed by atoms with Crippen LogP contribution in [0.5, 0.6) is 0 Å². The third-order valence-electron chi connectivity index (χ3n) is 3.89. The molecular weight excluding hydrogens is 273 g/mol. The van der Waals surface area contributed by atoms with Crippen LogP contribution in [0.15, 0.2) is 18.2 Å². The van der Waals surface area contributed by atoms with Gasteiger partial charge in [0.05, 0.1) is 6.61 Å². The predicted molar refractivity (Wildman–Crippen MR) is 76.9 cm³/mol. The first kappa shape index (κ1) is 15.9. The van der Waals surface area contributed by atoms with E-state index in [1.54, 1.807) is 12.1 Å². The van der Waals surface area contributed by atoms with Crippen molar-refractivity contribution in [3.05, 3.63) is 35.1 Å². The second-order valence-corrected chi connectivity index (χ2v) is 5.46.